The van der Waals surface area contributed by atoms with E-state index >= 15 is 0 Å². The zero-order valence-corrected chi connectivity index (χ0v) is 11.2. The van der Waals surface area contributed by atoms with Crippen molar-refractivity contribution in [3.05, 3.63) is 71.3 Å². The van der Waals surface area contributed by atoms with E-state index in [9.17, 15) is 9.59 Å². The zero-order valence-electron chi connectivity index (χ0n) is 11.2. The number of carboxylic acids is 1. The van der Waals surface area contributed by atoms with Crippen LogP contribution in [-0.4, -0.2) is 17.4 Å². The molecule has 0 saturated carbocycles. The van der Waals surface area contributed by atoms with Crippen LogP contribution in [-0.2, 0) is 11.4 Å². The molecule has 106 valence electrons. The Hall–Kier alpha value is -2.88. The highest BCUT2D eigenvalue weighted by Crippen LogP contribution is 2.23. The van der Waals surface area contributed by atoms with Crippen molar-refractivity contribution in [1.29, 1.82) is 0 Å². The number of aliphatic carboxylic acids is 1. The smallest absolute Gasteiger partial charge is 0.328 e. The quantitative estimate of drug-likeness (QED) is 0.653. The molecule has 1 N–H and O–H groups in total. The highest BCUT2D eigenvalue weighted by molar-refractivity contribution is 5.90. The Morgan fingerprint density at radius 3 is 2.52 bits per heavy atom. The van der Waals surface area contributed by atoms with Crippen molar-refractivity contribution in [3.8, 4) is 5.75 Å². The van der Waals surface area contributed by atoms with Gasteiger partial charge in [0.2, 0.25) is 0 Å². The molecule has 2 aromatic rings. The normalized spacial score (nSPS) is 10.5. The Labute approximate surface area is 122 Å². The molecule has 4 heteroatoms. The summed E-state index contributed by atoms with van der Waals surface area (Å²) in [6.07, 6.45) is 3.03. The predicted molar refractivity (Wildman–Crippen MR) is 79.3 cm³/mol. The van der Waals surface area contributed by atoms with Gasteiger partial charge < -0.3 is 9.84 Å². The summed E-state index contributed by atoms with van der Waals surface area (Å²) >= 11 is 0. The first-order valence-corrected chi connectivity index (χ1v) is 6.36. The van der Waals surface area contributed by atoms with Crippen molar-refractivity contribution in [2.45, 2.75) is 6.61 Å². The maximum absolute atomic E-state index is 11.2. The molecule has 0 heterocycles. The van der Waals surface area contributed by atoms with Crippen LogP contribution in [0.1, 0.15) is 21.5 Å². The lowest BCUT2D eigenvalue weighted by Crippen LogP contribution is -1.99. The lowest BCUT2D eigenvalue weighted by Gasteiger charge is -2.10. The SMILES string of the molecule is O=Cc1c(C=CC(=O)O)cccc1OCc1ccccc1. The van der Waals surface area contributed by atoms with Crippen LogP contribution in [0.5, 0.6) is 5.75 Å². The minimum absolute atomic E-state index is 0.339. The maximum atomic E-state index is 11.2. The van der Waals surface area contributed by atoms with Gasteiger partial charge in [0.25, 0.3) is 0 Å². The molecule has 2 aromatic carbocycles. The summed E-state index contributed by atoms with van der Waals surface area (Å²) in [5.41, 5.74) is 1.84. The fourth-order valence-corrected chi connectivity index (χ4v) is 1.85. The van der Waals surface area contributed by atoms with Crippen molar-refractivity contribution in [2.75, 3.05) is 0 Å². The van der Waals surface area contributed by atoms with Crippen molar-refractivity contribution in [3.63, 3.8) is 0 Å². The summed E-state index contributed by atoms with van der Waals surface area (Å²) in [7, 11) is 0. The average Bonchev–Trinajstić information content (AvgIpc) is 2.51. The number of carbonyl (C=O) groups is 2. The van der Waals surface area contributed by atoms with Crippen LogP contribution >= 0.6 is 0 Å². The number of rotatable bonds is 6. The van der Waals surface area contributed by atoms with E-state index < -0.39 is 5.97 Å². The minimum Gasteiger partial charge on any atom is -0.488 e. The van der Waals surface area contributed by atoms with Crippen molar-refractivity contribution in [1.82, 2.24) is 0 Å². The van der Waals surface area contributed by atoms with Crippen molar-refractivity contribution >= 4 is 18.3 Å². The minimum atomic E-state index is -1.07. The highest BCUT2D eigenvalue weighted by atomic mass is 16.5. The molecule has 0 unspecified atom stereocenters. The van der Waals surface area contributed by atoms with E-state index in [0.717, 1.165) is 11.6 Å². The van der Waals surface area contributed by atoms with Crippen LogP contribution < -0.4 is 4.74 Å². The van der Waals surface area contributed by atoms with Gasteiger partial charge in [0, 0.05) is 6.08 Å². The largest absolute Gasteiger partial charge is 0.488 e. The molecule has 0 radical (unpaired) electrons. The van der Waals surface area contributed by atoms with E-state index in [4.69, 9.17) is 9.84 Å². The summed E-state index contributed by atoms with van der Waals surface area (Å²) < 4.78 is 5.65. The Bertz CT molecular complexity index is 660. The molecule has 21 heavy (non-hydrogen) atoms. The fraction of sp³-hybridized carbons (Fsp3) is 0.0588. The number of benzene rings is 2. The van der Waals surface area contributed by atoms with Crippen LogP contribution in [0.3, 0.4) is 0 Å². The van der Waals surface area contributed by atoms with Gasteiger partial charge in [-0.2, -0.15) is 0 Å². The number of ether oxygens (including phenoxy) is 1. The number of hydrogen-bond donors (Lipinski definition) is 1. The van der Waals surface area contributed by atoms with Gasteiger partial charge >= 0.3 is 5.97 Å². The van der Waals surface area contributed by atoms with Gasteiger partial charge in [-0.25, -0.2) is 4.79 Å². The lowest BCUT2D eigenvalue weighted by molar-refractivity contribution is -0.131. The van der Waals surface area contributed by atoms with E-state index in [0.29, 0.717) is 29.8 Å². The van der Waals surface area contributed by atoms with Gasteiger partial charge in [-0.1, -0.05) is 42.5 Å². The first-order chi connectivity index (χ1) is 10.2. The molecule has 0 amide bonds. The zero-order chi connectivity index (χ0) is 15.1. The predicted octanol–water partition coefficient (Wildman–Crippen LogP) is 3.18. The van der Waals surface area contributed by atoms with Crippen LogP contribution in [0.25, 0.3) is 6.08 Å². The van der Waals surface area contributed by atoms with Gasteiger partial charge in [0.1, 0.15) is 12.4 Å². The number of hydrogen-bond acceptors (Lipinski definition) is 3. The second-order valence-corrected chi connectivity index (χ2v) is 4.32. The third kappa shape index (κ3) is 4.04. The number of aldehydes is 1. The van der Waals surface area contributed by atoms with Crippen LogP contribution in [0.4, 0.5) is 0 Å². The monoisotopic (exact) mass is 282 g/mol. The summed E-state index contributed by atoms with van der Waals surface area (Å²) in [6, 6.07) is 14.6. The van der Waals surface area contributed by atoms with Gasteiger partial charge in [0.15, 0.2) is 6.29 Å². The Morgan fingerprint density at radius 1 is 1.10 bits per heavy atom. The molecule has 0 atom stereocenters. The Morgan fingerprint density at radius 2 is 1.86 bits per heavy atom. The summed E-state index contributed by atoms with van der Waals surface area (Å²) in [5, 5.41) is 8.65. The molecule has 0 aliphatic rings. The van der Waals surface area contributed by atoms with Crippen LogP contribution in [0.2, 0.25) is 0 Å². The molecule has 0 fully saturated rings. The molecule has 0 bridgehead atoms. The molecular formula is C17H14O4. The van der Waals surface area contributed by atoms with Gasteiger partial charge in [-0.15, -0.1) is 0 Å². The lowest BCUT2D eigenvalue weighted by atomic mass is 10.1. The molecule has 0 saturated heterocycles. The third-order valence-electron chi connectivity index (χ3n) is 2.86. The van der Waals surface area contributed by atoms with Gasteiger partial charge in [0.05, 0.1) is 5.56 Å². The van der Waals surface area contributed by atoms with Gasteiger partial charge in [-0.3, -0.25) is 4.79 Å². The van der Waals surface area contributed by atoms with Crippen molar-refractivity contribution in [2.24, 2.45) is 0 Å². The van der Waals surface area contributed by atoms with E-state index in [1.807, 2.05) is 30.3 Å². The van der Waals surface area contributed by atoms with E-state index in [1.165, 1.54) is 6.08 Å². The van der Waals surface area contributed by atoms with Crippen LogP contribution in [0.15, 0.2) is 54.6 Å². The molecule has 0 aliphatic heterocycles. The van der Waals surface area contributed by atoms with E-state index in [2.05, 4.69) is 0 Å². The topological polar surface area (TPSA) is 63.6 Å². The van der Waals surface area contributed by atoms with E-state index in [-0.39, 0.29) is 0 Å². The fourth-order valence-electron chi connectivity index (χ4n) is 1.85. The second-order valence-electron chi connectivity index (χ2n) is 4.32. The first-order valence-electron chi connectivity index (χ1n) is 6.36. The van der Waals surface area contributed by atoms with Gasteiger partial charge in [-0.05, 0) is 23.3 Å². The standard InChI is InChI=1S/C17H14O4/c18-11-15-14(9-10-17(19)20)7-4-8-16(15)21-12-13-5-2-1-3-6-13/h1-11H,12H2,(H,19,20). The van der Waals surface area contributed by atoms with Crippen LogP contribution in [0, 0.1) is 0 Å². The van der Waals surface area contributed by atoms with E-state index in [1.54, 1.807) is 18.2 Å². The summed E-state index contributed by atoms with van der Waals surface area (Å²) in [5.74, 6) is -0.635. The molecule has 0 aromatic heterocycles. The summed E-state index contributed by atoms with van der Waals surface area (Å²) in [4.78, 5) is 21.8. The molecular weight excluding hydrogens is 268 g/mol. The summed E-state index contributed by atoms with van der Waals surface area (Å²) in [6.45, 7) is 0.341. The Balaban J connectivity index is 2.21. The second kappa shape index (κ2) is 7.05. The average molecular weight is 282 g/mol. The molecule has 4 nitrogen and oxygen atoms in total. The first kappa shape index (κ1) is 14.5. The molecule has 2 rings (SSSR count). The highest BCUT2D eigenvalue weighted by Gasteiger charge is 2.07. The molecule has 0 spiro atoms. The number of carbonyl (C=O) groups excluding carboxylic acids is 1. The third-order valence-corrected chi connectivity index (χ3v) is 2.86. The molecule has 0 aliphatic carbocycles. The maximum Gasteiger partial charge on any atom is 0.328 e. The van der Waals surface area contributed by atoms with Crippen molar-refractivity contribution < 1.29 is 19.4 Å². The Kier molecular flexibility index (Phi) is 4.88. The number of carboxylic acid groups (broad SMARTS) is 1.